The van der Waals surface area contributed by atoms with Gasteiger partial charge in [0.05, 0.1) is 11.4 Å². The number of imidazole rings is 1. The lowest BCUT2D eigenvalue weighted by Gasteiger charge is -1.85. The van der Waals surface area contributed by atoms with Gasteiger partial charge in [-0.2, -0.15) is 0 Å². The van der Waals surface area contributed by atoms with Crippen LogP contribution in [0.5, 0.6) is 0 Å². The summed E-state index contributed by atoms with van der Waals surface area (Å²) in [5, 5.41) is 0. The van der Waals surface area contributed by atoms with Crippen molar-refractivity contribution in [2.24, 2.45) is 5.73 Å². The van der Waals surface area contributed by atoms with Gasteiger partial charge in [0.25, 0.3) is 0 Å². The molecule has 0 aromatic carbocycles. The molecule has 11 heavy (non-hydrogen) atoms. The van der Waals surface area contributed by atoms with Gasteiger partial charge >= 0.3 is 0 Å². The van der Waals surface area contributed by atoms with Crippen LogP contribution in [0.1, 0.15) is 17.2 Å². The Hall–Kier alpha value is -1.51. The monoisotopic (exact) mass is 149 g/mol. The molecule has 0 radical (unpaired) electrons. The number of H-pyrrole nitrogens is 1. The molecule has 3 nitrogen and oxygen atoms in total. The van der Waals surface area contributed by atoms with E-state index in [1.54, 1.807) is 12.2 Å². The van der Waals surface area contributed by atoms with Crippen LogP contribution < -0.4 is 5.73 Å². The van der Waals surface area contributed by atoms with Crippen LogP contribution in [0.4, 0.5) is 0 Å². The second-order valence-electron chi connectivity index (χ2n) is 2.18. The zero-order valence-corrected chi connectivity index (χ0v) is 6.46. The van der Waals surface area contributed by atoms with E-state index in [0.717, 1.165) is 17.2 Å². The Labute approximate surface area is 65.6 Å². The third-order valence-electron chi connectivity index (χ3n) is 1.34. The molecule has 1 aromatic heterocycles. The van der Waals surface area contributed by atoms with Gasteiger partial charge in [0.1, 0.15) is 5.82 Å². The zero-order valence-electron chi connectivity index (χ0n) is 6.46. The first-order valence-electron chi connectivity index (χ1n) is 3.35. The van der Waals surface area contributed by atoms with Crippen LogP contribution in [0.2, 0.25) is 0 Å². The van der Waals surface area contributed by atoms with Gasteiger partial charge < -0.3 is 10.7 Å². The van der Waals surface area contributed by atoms with Crippen molar-refractivity contribution in [2.45, 2.75) is 6.92 Å². The number of aromatic amines is 1. The third-order valence-corrected chi connectivity index (χ3v) is 1.34. The van der Waals surface area contributed by atoms with Crippen molar-refractivity contribution < 1.29 is 0 Å². The fourth-order valence-corrected chi connectivity index (χ4v) is 0.902. The highest BCUT2D eigenvalue weighted by molar-refractivity contribution is 5.58. The number of nitrogens with two attached hydrogens (primary N) is 1. The highest BCUT2D eigenvalue weighted by atomic mass is 14.9. The topological polar surface area (TPSA) is 54.7 Å². The van der Waals surface area contributed by atoms with Gasteiger partial charge in [-0.15, -0.1) is 0 Å². The van der Waals surface area contributed by atoms with E-state index in [-0.39, 0.29) is 0 Å². The molecule has 0 aliphatic carbocycles. The minimum atomic E-state index is 0.833. The van der Waals surface area contributed by atoms with E-state index in [9.17, 15) is 0 Å². The zero-order chi connectivity index (χ0) is 8.27. The van der Waals surface area contributed by atoms with E-state index < -0.39 is 0 Å². The Morgan fingerprint density at radius 3 is 2.91 bits per heavy atom. The van der Waals surface area contributed by atoms with Crippen molar-refractivity contribution >= 4 is 12.2 Å². The predicted octanol–water partition coefficient (Wildman–Crippen LogP) is 1.29. The van der Waals surface area contributed by atoms with Crippen LogP contribution in [0.15, 0.2) is 12.8 Å². The molecule has 0 unspecified atom stereocenters. The molecule has 0 bridgehead atoms. The maximum Gasteiger partial charge on any atom is 0.104 e. The van der Waals surface area contributed by atoms with E-state index in [0.29, 0.717) is 0 Å². The van der Waals surface area contributed by atoms with Crippen molar-refractivity contribution in [3.05, 3.63) is 30.0 Å². The summed E-state index contributed by atoms with van der Waals surface area (Å²) >= 11 is 0. The lowest BCUT2D eigenvalue weighted by molar-refractivity contribution is 1.14. The van der Waals surface area contributed by atoms with Crippen LogP contribution in [0.3, 0.4) is 0 Å². The molecule has 1 aromatic rings. The smallest absolute Gasteiger partial charge is 0.104 e. The van der Waals surface area contributed by atoms with Gasteiger partial charge in [0.2, 0.25) is 0 Å². The van der Waals surface area contributed by atoms with Gasteiger partial charge in [-0.1, -0.05) is 6.58 Å². The van der Waals surface area contributed by atoms with Crippen molar-refractivity contribution in [1.29, 1.82) is 0 Å². The quantitative estimate of drug-likeness (QED) is 0.665. The molecule has 3 heteroatoms. The Balaban J connectivity index is 3.11. The van der Waals surface area contributed by atoms with Crippen molar-refractivity contribution in [3.63, 3.8) is 0 Å². The fourth-order valence-electron chi connectivity index (χ4n) is 0.902. The number of nitrogens with one attached hydrogen (secondary N) is 1. The summed E-state index contributed by atoms with van der Waals surface area (Å²) in [6.07, 6.45) is 4.92. The predicted molar refractivity (Wildman–Crippen MR) is 46.6 cm³/mol. The standard InChI is InChI=1S/C8H11N3/c1-3-7-8(4-5-9)11-6(2)10-7/h3-5H,1,9H2,2H3,(H,10,11)/b5-4-. The Kier molecular flexibility index (Phi) is 2.11. The third kappa shape index (κ3) is 1.49. The van der Waals surface area contributed by atoms with Gasteiger partial charge in [-0.25, -0.2) is 4.98 Å². The molecule has 0 fully saturated rings. The first-order valence-corrected chi connectivity index (χ1v) is 3.35. The highest BCUT2D eigenvalue weighted by Gasteiger charge is 1.99. The summed E-state index contributed by atoms with van der Waals surface area (Å²) in [6.45, 7) is 5.53. The van der Waals surface area contributed by atoms with E-state index in [1.807, 2.05) is 6.92 Å². The molecule has 0 amide bonds. The van der Waals surface area contributed by atoms with E-state index in [2.05, 4.69) is 16.5 Å². The van der Waals surface area contributed by atoms with Crippen molar-refractivity contribution in [3.8, 4) is 0 Å². The number of hydrogen-bond acceptors (Lipinski definition) is 2. The molecule has 0 aliphatic rings. The Morgan fingerprint density at radius 1 is 1.64 bits per heavy atom. The van der Waals surface area contributed by atoms with E-state index >= 15 is 0 Å². The van der Waals surface area contributed by atoms with Gasteiger partial charge in [0, 0.05) is 0 Å². The Bertz CT molecular complexity index is 284. The normalized spacial score (nSPS) is 10.6. The van der Waals surface area contributed by atoms with Crippen LogP contribution in [-0.4, -0.2) is 9.97 Å². The molecule has 0 saturated carbocycles. The van der Waals surface area contributed by atoms with Crippen LogP contribution in [0.25, 0.3) is 12.2 Å². The number of nitrogens with zero attached hydrogens (tertiary/aromatic N) is 1. The summed E-state index contributed by atoms with van der Waals surface area (Å²) < 4.78 is 0. The first-order chi connectivity index (χ1) is 5.27. The number of aromatic nitrogens is 2. The van der Waals surface area contributed by atoms with Crippen LogP contribution in [-0.2, 0) is 0 Å². The minimum absolute atomic E-state index is 0.833. The number of hydrogen-bond donors (Lipinski definition) is 2. The second-order valence-corrected chi connectivity index (χ2v) is 2.18. The van der Waals surface area contributed by atoms with E-state index in [1.165, 1.54) is 6.20 Å². The molecule has 3 N–H and O–H groups in total. The lowest BCUT2D eigenvalue weighted by atomic mass is 10.3. The van der Waals surface area contributed by atoms with Crippen molar-refractivity contribution in [2.75, 3.05) is 0 Å². The molecular weight excluding hydrogens is 138 g/mol. The number of aryl methyl sites for hydroxylation is 1. The molecule has 0 atom stereocenters. The maximum absolute atomic E-state index is 5.22. The Morgan fingerprint density at radius 2 is 2.36 bits per heavy atom. The van der Waals surface area contributed by atoms with Crippen LogP contribution in [0, 0.1) is 6.92 Å². The minimum Gasteiger partial charge on any atom is -0.405 e. The van der Waals surface area contributed by atoms with Gasteiger partial charge in [0.15, 0.2) is 0 Å². The summed E-state index contributed by atoms with van der Waals surface area (Å²) in [5.41, 5.74) is 6.96. The summed E-state index contributed by atoms with van der Waals surface area (Å²) in [5.74, 6) is 0.869. The molecular formula is C8H11N3. The van der Waals surface area contributed by atoms with Crippen LogP contribution >= 0.6 is 0 Å². The summed E-state index contributed by atoms with van der Waals surface area (Å²) in [4.78, 5) is 7.22. The molecule has 0 aliphatic heterocycles. The largest absolute Gasteiger partial charge is 0.405 e. The maximum atomic E-state index is 5.22. The highest BCUT2D eigenvalue weighted by Crippen LogP contribution is 2.07. The average molecular weight is 149 g/mol. The SMILES string of the molecule is C=Cc1[nH]c(C)nc1/C=C\N. The van der Waals surface area contributed by atoms with Gasteiger partial charge in [-0.05, 0) is 25.3 Å². The summed E-state index contributed by atoms with van der Waals surface area (Å²) in [6, 6.07) is 0. The molecule has 0 saturated heterocycles. The molecule has 58 valence electrons. The molecule has 1 heterocycles. The lowest BCUT2D eigenvalue weighted by Crippen LogP contribution is -1.80. The van der Waals surface area contributed by atoms with Gasteiger partial charge in [-0.3, -0.25) is 0 Å². The fraction of sp³-hybridized carbons (Fsp3) is 0.125. The summed E-state index contributed by atoms with van der Waals surface area (Å²) in [7, 11) is 0. The van der Waals surface area contributed by atoms with E-state index in [4.69, 9.17) is 5.73 Å². The van der Waals surface area contributed by atoms with Crippen molar-refractivity contribution in [1.82, 2.24) is 9.97 Å². The first kappa shape index (κ1) is 7.60. The average Bonchev–Trinajstić information content (AvgIpc) is 2.32. The number of rotatable bonds is 2. The molecule has 1 rings (SSSR count). The molecule has 0 spiro atoms. The second kappa shape index (κ2) is 3.05.